The zero-order valence-corrected chi connectivity index (χ0v) is 19.6. The van der Waals surface area contributed by atoms with Gasteiger partial charge in [0.15, 0.2) is 0 Å². The number of amides is 1. The molecule has 32 heavy (non-hydrogen) atoms. The summed E-state index contributed by atoms with van der Waals surface area (Å²) in [5.74, 6) is -0.735. The zero-order chi connectivity index (χ0) is 22.7. The van der Waals surface area contributed by atoms with Crippen LogP contribution in [-0.4, -0.2) is 25.2 Å². The molecular weight excluding hydrogens is 495 g/mol. The van der Waals surface area contributed by atoms with E-state index in [0.29, 0.717) is 12.0 Å². The highest BCUT2D eigenvalue weighted by molar-refractivity contribution is 9.10. The van der Waals surface area contributed by atoms with Gasteiger partial charge in [0.25, 0.3) is 0 Å². The Hall–Kier alpha value is -2.55. The first kappa shape index (κ1) is 22.6. The van der Waals surface area contributed by atoms with Crippen LogP contribution < -0.4 is 5.32 Å². The lowest BCUT2D eigenvalue weighted by Crippen LogP contribution is -2.42. The van der Waals surface area contributed by atoms with Gasteiger partial charge in [-0.1, -0.05) is 58.4 Å². The highest BCUT2D eigenvalue weighted by Gasteiger charge is 2.37. The number of halogens is 2. The molecule has 166 valence electrons. The van der Waals surface area contributed by atoms with Gasteiger partial charge in [-0.3, -0.25) is 4.79 Å². The fraction of sp³-hybridized carbons (Fsp3) is 0.208. The van der Waals surface area contributed by atoms with E-state index in [1.54, 1.807) is 42.5 Å². The second kappa shape index (κ2) is 9.52. The SMILES string of the molecule is O=C(C[C@H]1c2ccccc2CCN1S(=O)(=O)c1ccc(Br)cc1)NCc1ccccc1F. The van der Waals surface area contributed by atoms with E-state index in [4.69, 9.17) is 0 Å². The van der Waals surface area contributed by atoms with E-state index in [-0.39, 0.29) is 30.3 Å². The largest absolute Gasteiger partial charge is 0.352 e. The quantitative estimate of drug-likeness (QED) is 0.521. The van der Waals surface area contributed by atoms with Crippen LogP contribution in [0, 0.1) is 5.82 Å². The number of benzene rings is 3. The number of fused-ring (bicyclic) bond motifs is 1. The number of sulfonamides is 1. The van der Waals surface area contributed by atoms with Crippen molar-refractivity contribution in [2.45, 2.75) is 30.3 Å². The van der Waals surface area contributed by atoms with Crippen LogP contribution in [0.1, 0.15) is 29.2 Å². The summed E-state index contributed by atoms with van der Waals surface area (Å²) in [6.45, 7) is 0.319. The molecule has 0 saturated heterocycles. The van der Waals surface area contributed by atoms with Gasteiger partial charge < -0.3 is 5.32 Å². The molecule has 5 nitrogen and oxygen atoms in total. The molecule has 1 aliphatic heterocycles. The maximum atomic E-state index is 13.9. The summed E-state index contributed by atoms with van der Waals surface area (Å²) in [5, 5.41) is 2.73. The van der Waals surface area contributed by atoms with Gasteiger partial charge in [-0.15, -0.1) is 0 Å². The molecule has 0 fully saturated rings. The van der Waals surface area contributed by atoms with Crippen molar-refractivity contribution in [2.75, 3.05) is 6.54 Å². The first-order chi connectivity index (χ1) is 15.4. The van der Waals surface area contributed by atoms with E-state index >= 15 is 0 Å². The van der Waals surface area contributed by atoms with Gasteiger partial charge in [-0.05, 0) is 47.9 Å². The number of rotatable bonds is 6. The molecule has 1 aliphatic rings. The summed E-state index contributed by atoms with van der Waals surface area (Å²) in [6.07, 6.45) is 0.514. The Morgan fingerprint density at radius 3 is 2.47 bits per heavy atom. The van der Waals surface area contributed by atoms with E-state index in [1.807, 2.05) is 24.3 Å². The van der Waals surface area contributed by atoms with Crippen molar-refractivity contribution < 1.29 is 17.6 Å². The predicted octanol–water partition coefficient (Wildman–Crippen LogP) is 4.58. The molecule has 3 aromatic carbocycles. The number of nitrogens with zero attached hydrogens (tertiary/aromatic N) is 1. The predicted molar refractivity (Wildman–Crippen MR) is 124 cm³/mol. The molecule has 0 aromatic heterocycles. The summed E-state index contributed by atoms with van der Waals surface area (Å²) in [5.41, 5.74) is 2.23. The summed E-state index contributed by atoms with van der Waals surface area (Å²) in [4.78, 5) is 13.0. The minimum atomic E-state index is -3.82. The normalized spacial score (nSPS) is 16.4. The molecule has 1 amide bonds. The molecule has 0 unspecified atom stereocenters. The van der Waals surface area contributed by atoms with Crippen LogP contribution in [0.15, 0.2) is 82.2 Å². The van der Waals surface area contributed by atoms with Gasteiger partial charge in [0, 0.05) is 29.5 Å². The monoisotopic (exact) mass is 516 g/mol. The van der Waals surface area contributed by atoms with Crippen molar-refractivity contribution in [1.82, 2.24) is 9.62 Å². The molecule has 0 aliphatic carbocycles. The third-order valence-corrected chi connectivity index (χ3v) is 8.05. The Kier molecular flexibility index (Phi) is 6.74. The first-order valence-corrected chi connectivity index (χ1v) is 12.4. The minimum Gasteiger partial charge on any atom is -0.352 e. The van der Waals surface area contributed by atoms with Crippen LogP contribution in [-0.2, 0) is 27.8 Å². The summed E-state index contributed by atoms with van der Waals surface area (Å²) in [6, 6.07) is 19.6. The van der Waals surface area contributed by atoms with Gasteiger partial charge in [-0.2, -0.15) is 4.31 Å². The maximum Gasteiger partial charge on any atom is 0.243 e. The summed E-state index contributed by atoms with van der Waals surface area (Å²) in [7, 11) is -3.82. The van der Waals surface area contributed by atoms with Crippen LogP contribution in [0.4, 0.5) is 4.39 Å². The van der Waals surface area contributed by atoms with Crippen LogP contribution >= 0.6 is 15.9 Å². The fourth-order valence-corrected chi connectivity index (χ4v) is 5.82. The van der Waals surface area contributed by atoms with E-state index < -0.39 is 21.9 Å². The van der Waals surface area contributed by atoms with E-state index in [2.05, 4.69) is 21.2 Å². The molecule has 1 atom stereocenters. The highest BCUT2D eigenvalue weighted by Crippen LogP contribution is 2.36. The average molecular weight is 517 g/mol. The lowest BCUT2D eigenvalue weighted by Gasteiger charge is -2.36. The lowest BCUT2D eigenvalue weighted by atomic mass is 9.92. The topological polar surface area (TPSA) is 66.5 Å². The van der Waals surface area contributed by atoms with Crippen LogP contribution in [0.25, 0.3) is 0 Å². The van der Waals surface area contributed by atoms with Crippen molar-refractivity contribution in [1.29, 1.82) is 0 Å². The summed E-state index contributed by atoms with van der Waals surface area (Å²) >= 11 is 3.33. The lowest BCUT2D eigenvalue weighted by molar-refractivity contribution is -0.122. The molecular formula is C24H22BrFN2O3S. The fourth-order valence-electron chi connectivity index (χ4n) is 3.95. The van der Waals surface area contributed by atoms with Crippen molar-refractivity contribution in [3.8, 4) is 0 Å². The minimum absolute atomic E-state index is 0.0410. The average Bonchev–Trinajstić information content (AvgIpc) is 2.79. The molecule has 3 aromatic rings. The molecule has 1 heterocycles. The smallest absolute Gasteiger partial charge is 0.243 e. The number of hydrogen-bond acceptors (Lipinski definition) is 3. The summed E-state index contributed by atoms with van der Waals surface area (Å²) < 4.78 is 43.0. The molecule has 0 saturated carbocycles. The van der Waals surface area contributed by atoms with E-state index in [9.17, 15) is 17.6 Å². The standard InChI is InChI=1S/C24H22BrFN2O3S/c25-19-9-11-20(12-10-19)32(30,31)28-14-13-17-5-1-3-7-21(17)23(28)15-24(29)27-16-18-6-2-4-8-22(18)26/h1-12,23H,13-16H2,(H,27,29)/t23-/m0/s1. The van der Waals surface area contributed by atoms with E-state index in [0.717, 1.165) is 15.6 Å². The van der Waals surface area contributed by atoms with Gasteiger partial charge in [0.2, 0.25) is 15.9 Å². The molecule has 0 radical (unpaired) electrons. The van der Waals surface area contributed by atoms with Crippen molar-refractivity contribution in [2.24, 2.45) is 0 Å². The van der Waals surface area contributed by atoms with Crippen molar-refractivity contribution in [3.05, 3.63) is 99.8 Å². The number of hydrogen-bond donors (Lipinski definition) is 1. The van der Waals surface area contributed by atoms with Crippen LogP contribution in [0.3, 0.4) is 0 Å². The maximum absolute atomic E-state index is 13.9. The number of carbonyl (C=O) groups is 1. The number of nitrogens with one attached hydrogen (secondary N) is 1. The molecule has 8 heteroatoms. The van der Waals surface area contributed by atoms with Gasteiger partial charge >= 0.3 is 0 Å². The molecule has 1 N–H and O–H groups in total. The van der Waals surface area contributed by atoms with E-state index in [1.165, 1.54) is 10.4 Å². The Labute approximate surface area is 195 Å². The Morgan fingerprint density at radius 2 is 1.72 bits per heavy atom. The van der Waals surface area contributed by atoms with Gasteiger partial charge in [0.05, 0.1) is 10.9 Å². The second-order valence-corrected chi connectivity index (χ2v) is 10.4. The second-order valence-electron chi connectivity index (χ2n) is 7.61. The Morgan fingerprint density at radius 1 is 1.03 bits per heavy atom. The molecule has 0 bridgehead atoms. The molecule has 4 rings (SSSR count). The van der Waals surface area contributed by atoms with Crippen molar-refractivity contribution >= 4 is 31.9 Å². The first-order valence-electron chi connectivity index (χ1n) is 10.2. The molecule has 0 spiro atoms. The van der Waals surface area contributed by atoms with Gasteiger partial charge in [0.1, 0.15) is 5.82 Å². The van der Waals surface area contributed by atoms with Gasteiger partial charge in [-0.25, -0.2) is 12.8 Å². The van der Waals surface area contributed by atoms with Crippen LogP contribution in [0.5, 0.6) is 0 Å². The third kappa shape index (κ3) is 4.77. The van der Waals surface area contributed by atoms with Crippen LogP contribution in [0.2, 0.25) is 0 Å². The third-order valence-electron chi connectivity index (χ3n) is 5.60. The van der Waals surface area contributed by atoms with Crippen molar-refractivity contribution in [3.63, 3.8) is 0 Å². The zero-order valence-electron chi connectivity index (χ0n) is 17.2. The highest BCUT2D eigenvalue weighted by atomic mass is 79.9. The Balaban J connectivity index is 1.60. The Bertz CT molecular complexity index is 1230. The number of carbonyl (C=O) groups excluding carboxylic acids is 1.